The van der Waals surface area contributed by atoms with Gasteiger partial charge in [-0.05, 0) is 37.8 Å². The van der Waals surface area contributed by atoms with Crippen LogP contribution in [-0.2, 0) is 31.4 Å². The number of carbonyl (C=O) groups is 1. The lowest BCUT2D eigenvalue weighted by atomic mass is 10.0. The molecular formula is C22H28NO4P. The summed E-state index contributed by atoms with van der Waals surface area (Å²) in [5.74, 6) is -0.144. The molecule has 2 aromatic carbocycles. The fourth-order valence-corrected chi connectivity index (χ4v) is 5.84. The van der Waals surface area contributed by atoms with Crippen LogP contribution in [0.4, 0.5) is 0 Å². The van der Waals surface area contributed by atoms with Crippen LogP contribution in [0.15, 0.2) is 60.7 Å². The highest BCUT2D eigenvalue weighted by atomic mass is 31.2. The summed E-state index contributed by atoms with van der Waals surface area (Å²) in [5.41, 5.74) is 1.46. The van der Waals surface area contributed by atoms with Crippen molar-refractivity contribution in [1.82, 2.24) is 4.90 Å². The SMILES string of the molecule is CCOP(=O)(OCC)C1C[C@H](Cc2ccccc2)N(Cc2ccccc2)C1=O. The van der Waals surface area contributed by atoms with Gasteiger partial charge in [0.1, 0.15) is 5.66 Å². The zero-order chi connectivity index (χ0) is 20.0. The summed E-state index contributed by atoms with van der Waals surface area (Å²) >= 11 is 0. The molecule has 2 atom stereocenters. The van der Waals surface area contributed by atoms with Gasteiger partial charge in [-0.25, -0.2) is 0 Å². The van der Waals surface area contributed by atoms with Crippen LogP contribution in [0.2, 0.25) is 0 Å². The first kappa shape index (κ1) is 20.8. The van der Waals surface area contributed by atoms with E-state index < -0.39 is 13.3 Å². The Morgan fingerprint density at radius 1 is 0.929 bits per heavy atom. The molecule has 0 N–H and O–H groups in total. The van der Waals surface area contributed by atoms with Gasteiger partial charge in [-0.15, -0.1) is 0 Å². The molecule has 28 heavy (non-hydrogen) atoms. The highest BCUT2D eigenvalue weighted by Gasteiger charge is 2.50. The Hall–Kier alpha value is -1.94. The summed E-state index contributed by atoms with van der Waals surface area (Å²) in [6.45, 7) is 4.54. The number of benzene rings is 2. The molecule has 0 radical (unpaired) electrons. The first-order valence-corrected chi connectivity index (χ1v) is 11.5. The van der Waals surface area contributed by atoms with Crippen molar-refractivity contribution >= 4 is 13.5 Å². The Balaban J connectivity index is 1.88. The van der Waals surface area contributed by atoms with Gasteiger partial charge in [0.2, 0.25) is 5.91 Å². The largest absolute Gasteiger partial charge is 0.343 e. The van der Waals surface area contributed by atoms with Crippen molar-refractivity contribution in [2.24, 2.45) is 0 Å². The van der Waals surface area contributed by atoms with E-state index in [4.69, 9.17) is 9.05 Å². The molecule has 1 aliphatic heterocycles. The molecule has 1 saturated heterocycles. The Labute approximate surface area is 167 Å². The van der Waals surface area contributed by atoms with Gasteiger partial charge in [0, 0.05) is 12.6 Å². The molecular weight excluding hydrogens is 373 g/mol. The average molecular weight is 401 g/mol. The third-order valence-corrected chi connectivity index (χ3v) is 7.45. The molecule has 2 aromatic rings. The van der Waals surface area contributed by atoms with Crippen LogP contribution in [0.1, 0.15) is 31.4 Å². The second-order valence-electron chi connectivity index (χ2n) is 6.92. The van der Waals surface area contributed by atoms with Gasteiger partial charge >= 0.3 is 7.60 Å². The van der Waals surface area contributed by atoms with E-state index in [0.29, 0.717) is 19.4 Å². The van der Waals surface area contributed by atoms with E-state index in [0.717, 1.165) is 11.1 Å². The Bertz CT molecular complexity index is 802. The van der Waals surface area contributed by atoms with Gasteiger partial charge in [0.25, 0.3) is 0 Å². The minimum absolute atomic E-state index is 0.0469. The zero-order valence-corrected chi connectivity index (χ0v) is 17.4. The second kappa shape index (κ2) is 9.51. The van der Waals surface area contributed by atoms with Crippen molar-refractivity contribution in [3.63, 3.8) is 0 Å². The number of hydrogen-bond donors (Lipinski definition) is 0. The Morgan fingerprint density at radius 2 is 1.46 bits per heavy atom. The predicted molar refractivity (Wildman–Crippen MR) is 110 cm³/mol. The first-order valence-electron chi connectivity index (χ1n) is 9.84. The minimum atomic E-state index is -3.50. The summed E-state index contributed by atoms with van der Waals surface area (Å²) in [6.07, 6.45) is 1.19. The first-order chi connectivity index (χ1) is 13.6. The third-order valence-electron chi connectivity index (χ3n) is 5.01. The van der Waals surface area contributed by atoms with Gasteiger partial charge in [0.05, 0.1) is 13.2 Å². The molecule has 0 spiro atoms. The molecule has 0 saturated carbocycles. The monoisotopic (exact) mass is 401 g/mol. The number of rotatable bonds is 9. The van der Waals surface area contributed by atoms with Crippen LogP contribution in [0.25, 0.3) is 0 Å². The van der Waals surface area contributed by atoms with E-state index in [1.807, 2.05) is 53.4 Å². The molecule has 5 nitrogen and oxygen atoms in total. The number of amides is 1. The van der Waals surface area contributed by atoms with Crippen LogP contribution in [0.3, 0.4) is 0 Å². The predicted octanol–water partition coefficient (Wildman–Crippen LogP) is 4.66. The van der Waals surface area contributed by atoms with Crippen molar-refractivity contribution in [3.8, 4) is 0 Å². The summed E-state index contributed by atoms with van der Waals surface area (Å²) in [7, 11) is -3.50. The molecule has 0 aromatic heterocycles. The Kier molecular flexibility index (Phi) is 7.06. The van der Waals surface area contributed by atoms with Crippen molar-refractivity contribution in [1.29, 1.82) is 0 Å². The van der Waals surface area contributed by atoms with Crippen LogP contribution in [0, 0.1) is 0 Å². The molecule has 0 aliphatic carbocycles. The van der Waals surface area contributed by atoms with Crippen molar-refractivity contribution in [2.75, 3.05) is 13.2 Å². The van der Waals surface area contributed by atoms with Gasteiger partial charge in [0.15, 0.2) is 0 Å². The highest BCUT2D eigenvalue weighted by molar-refractivity contribution is 7.55. The third kappa shape index (κ3) is 4.72. The summed E-state index contributed by atoms with van der Waals surface area (Å²) in [6, 6.07) is 19.9. The molecule has 150 valence electrons. The molecule has 1 heterocycles. The van der Waals surface area contributed by atoms with Gasteiger partial charge in [-0.3, -0.25) is 9.36 Å². The number of carbonyl (C=O) groups excluding carboxylic acids is 1. The Morgan fingerprint density at radius 3 is 2.00 bits per heavy atom. The lowest BCUT2D eigenvalue weighted by Crippen LogP contribution is -2.35. The van der Waals surface area contributed by atoms with Crippen molar-refractivity contribution in [3.05, 3.63) is 71.8 Å². The van der Waals surface area contributed by atoms with Crippen LogP contribution in [0.5, 0.6) is 0 Å². The topological polar surface area (TPSA) is 55.8 Å². The van der Waals surface area contributed by atoms with Crippen LogP contribution < -0.4 is 0 Å². The number of nitrogens with zero attached hydrogens (tertiary/aromatic N) is 1. The fraction of sp³-hybridized carbons (Fsp3) is 0.409. The number of hydrogen-bond acceptors (Lipinski definition) is 4. The average Bonchev–Trinajstić information content (AvgIpc) is 3.00. The minimum Gasteiger partial charge on any atom is -0.334 e. The zero-order valence-electron chi connectivity index (χ0n) is 16.5. The van der Waals surface area contributed by atoms with Crippen LogP contribution in [-0.4, -0.2) is 35.7 Å². The quantitative estimate of drug-likeness (QED) is 0.573. The fourth-order valence-electron chi connectivity index (χ4n) is 3.77. The molecule has 1 aliphatic rings. The molecule has 1 fully saturated rings. The smallest absolute Gasteiger partial charge is 0.334 e. The molecule has 1 amide bonds. The molecule has 1 unspecified atom stereocenters. The maximum Gasteiger partial charge on any atom is 0.343 e. The van der Waals surface area contributed by atoms with Crippen molar-refractivity contribution < 1.29 is 18.4 Å². The number of likely N-dealkylation sites (tertiary alicyclic amines) is 1. The lowest BCUT2D eigenvalue weighted by Gasteiger charge is -2.25. The summed E-state index contributed by atoms with van der Waals surface area (Å²) in [4.78, 5) is 15.1. The van der Waals surface area contributed by atoms with E-state index in [-0.39, 0.29) is 25.2 Å². The standard InChI is InChI=1S/C22H28NO4P/c1-3-26-28(25,27-4-2)21-16-20(15-18-11-7-5-8-12-18)23(22(21)24)17-19-13-9-6-10-14-19/h5-14,20-21H,3-4,15-17H2,1-2H3/t20-,21?/m0/s1. The van der Waals surface area contributed by atoms with E-state index in [9.17, 15) is 9.36 Å². The van der Waals surface area contributed by atoms with E-state index in [2.05, 4.69) is 12.1 Å². The molecule has 0 bridgehead atoms. The lowest BCUT2D eigenvalue weighted by molar-refractivity contribution is -0.129. The highest BCUT2D eigenvalue weighted by Crippen LogP contribution is 2.57. The van der Waals surface area contributed by atoms with Crippen molar-refractivity contribution in [2.45, 2.75) is 44.9 Å². The maximum atomic E-state index is 13.3. The van der Waals surface area contributed by atoms with Gasteiger partial charge < -0.3 is 13.9 Å². The second-order valence-corrected chi connectivity index (χ2v) is 9.14. The van der Waals surface area contributed by atoms with E-state index in [1.54, 1.807) is 13.8 Å². The van der Waals surface area contributed by atoms with Gasteiger partial charge in [-0.2, -0.15) is 0 Å². The summed E-state index contributed by atoms with van der Waals surface area (Å²) < 4.78 is 24.3. The molecule has 3 rings (SSSR count). The van der Waals surface area contributed by atoms with Crippen LogP contribution >= 0.6 is 7.60 Å². The summed E-state index contributed by atoms with van der Waals surface area (Å²) in [5, 5.41) is 0. The normalized spacial score (nSPS) is 19.9. The van der Waals surface area contributed by atoms with E-state index >= 15 is 0 Å². The van der Waals surface area contributed by atoms with Gasteiger partial charge in [-0.1, -0.05) is 60.7 Å². The van der Waals surface area contributed by atoms with E-state index in [1.165, 1.54) is 0 Å². The molecule has 6 heteroatoms. The maximum absolute atomic E-state index is 13.3.